The molecule has 0 fully saturated rings. The van der Waals surface area contributed by atoms with Gasteiger partial charge in [0.2, 0.25) is 5.88 Å². The number of thiophene rings is 1. The maximum Gasteiger partial charge on any atom is 0.433 e. The minimum absolute atomic E-state index is 0.284. The lowest BCUT2D eigenvalue weighted by atomic mass is 10.1. The number of methoxy groups -OCH3 is 1. The molecule has 6 rings (SSSR count). The molecule has 0 aliphatic heterocycles. The molecule has 0 aliphatic carbocycles. The Kier molecular flexibility index (Phi) is 8.25. The summed E-state index contributed by atoms with van der Waals surface area (Å²) < 4.78 is 45.3. The van der Waals surface area contributed by atoms with Crippen molar-refractivity contribution >= 4 is 43.9 Å². The number of ether oxygens (including phenoxy) is 1. The highest BCUT2D eigenvalue weighted by Crippen LogP contribution is 2.36. The Hall–Kier alpha value is -3.99. The molecule has 1 N–H and O–H groups in total. The average molecular weight is 597 g/mol. The van der Waals surface area contributed by atoms with Gasteiger partial charge in [0.15, 0.2) is 0 Å². The van der Waals surface area contributed by atoms with Crippen molar-refractivity contribution in [3.63, 3.8) is 0 Å². The summed E-state index contributed by atoms with van der Waals surface area (Å²) in [4.78, 5) is 13.0. The van der Waals surface area contributed by atoms with Crippen molar-refractivity contribution in [2.24, 2.45) is 7.05 Å². The third kappa shape index (κ3) is 6.19. The normalized spacial score (nSPS) is 12.3. The van der Waals surface area contributed by atoms with Crippen LogP contribution in [-0.2, 0) is 19.6 Å². The fraction of sp³-hybridized carbons (Fsp3) is 0.167. The number of aliphatic hydroxyl groups excluding tert-OH is 1. The lowest BCUT2D eigenvalue weighted by Crippen LogP contribution is -2.10. The summed E-state index contributed by atoms with van der Waals surface area (Å²) >= 11 is 8.44. The van der Waals surface area contributed by atoms with Gasteiger partial charge in [-0.25, -0.2) is 9.97 Å². The summed E-state index contributed by atoms with van der Waals surface area (Å²) in [6, 6.07) is 20.5. The van der Waals surface area contributed by atoms with Crippen LogP contribution in [0.3, 0.4) is 0 Å². The molecule has 210 valence electrons. The van der Waals surface area contributed by atoms with Crippen molar-refractivity contribution in [1.29, 1.82) is 0 Å². The van der Waals surface area contributed by atoms with Crippen molar-refractivity contribution < 1.29 is 23.0 Å². The molecule has 11 heteroatoms. The summed E-state index contributed by atoms with van der Waals surface area (Å²) in [5.41, 5.74) is 1.58. The van der Waals surface area contributed by atoms with Gasteiger partial charge in [0.05, 0.1) is 35.9 Å². The predicted octanol–water partition coefficient (Wildman–Crippen LogP) is 7.62. The first-order valence-corrected chi connectivity index (χ1v) is 13.6. The van der Waals surface area contributed by atoms with Crippen molar-refractivity contribution in [3.8, 4) is 5.88 Å². The first kappa shape index (κ1) is 28.5. The van der Waals surface area contributed by atoms with Crippen LogP contribution in [0, 0.1) is 0 Å². The smallest absolute Gasteiger partial charge is 0.433 e. The van der Waals surface area contributed by atoms with Gasteiger partial charge in [0, 0.05) is 45.8 Å². The Labute approximate surface area is 242 Å². The van der Waals surface area contributed by atoms with E-state index in [4.69, 9.17) is 16.3 Å². The molecule has 41 heavy (non-hydrogen) atoms. The van der Waals surface area contributed by atoms with Crippen LogP contribution in [-0.4, -0.2) is 31.7 Å². The monoisotopic (exact) mass is 596 g/mol. The van der Waals surface area contributed by atoms with E-state index in [0.29, 0.717) is 11.6 Å². The maximum atomic E-state index is 12.3. The average Bonchev–Trinajstić information content (AvgIpc) is 3.59. The lowest BCUT2D eigenvalue weighted by Gasteiger charge is -2.12. The number of aliphatic hydroxyl groups is 1. The van der Waals surface area contributed by atoms with Crippen LogP contribution in [0.15, 0.2) is 85.5 Å². The zero-order valence-corrected chi connectivity index (χ0v) is 23.5. The number of pyridine rings is 2. The number of imidazole rings is 1. The largest absolute Gasteiger partial charge is 0.481 e. The molecular weight excluding hydrogens is 573 g/mol. The number of aromatic nitrogens is 4. The van der Waals surface area contributed by atoms with Crippen molar-refractivity contribution in [3.05, 3.63) is 118 Å². The maximum absolute atomic E-state index is 12.3. The number of rotatable bonds is 5. The number of halogens is 4. The molecule has 4 aromatic heterocycles. The minimum atomic E-state index is -4.48. The Morgan fingerprint density at radius 2 is 1.80 bits per heavy atom. The van der Waals surface area contributed by atoms with Crippen LogP contribution < -0.4 is 4.74 Å². The quantitative estimate of drug-likeness (QED) is 0.222. The van der Waals surface area contributed by atoms with E-state index in [2.05, 4.69) is 45.3 Å². The van der Waals surface area contributed by atoms with E-state index in [0.717, 1.165) is 40.2 Å². The number of para-hydroxylation sites is 1. The summed E-state index contributed by atoms with van der Waals surface area (Å²) in [7, 11) is 3.32. The highest BCUT2D eigenvalue weighted by Gasteiger charge is 2.32. The van der Waals surface area contributed by atoms with Gasteiger partial charge in [-0.15, -0.1) is 11.3 Å². The molecule has 0 saturated heterocycles. The van der Waals surface area contributed by atoms with Crippen molar-refractivity contribution in [2.75, 3.05) is 7.11 Å². The van der Waals surface area contributed by atoms with E-state index < -0.39 is 18.0 Å². The second-order valence-corrected chi connectivity index (χ2v) is 10.7. The standard InChI is InChI=1S/C19H14ClNOS.C11H10F3N3O/c1-22-19-15(18(20)14-7-3-4-8-16(14)21-19)11-13-10-12-6-2-5-9-17(12)23-13;1-17-6-15-5-8(17)10(18)7-2-3-9(16-4-7)11(12,13)14/h2-10H,11H2,1H3;2-6,10,18H,1H3. The number of alkyl halides is 3. The number of hydrogen-bond donors (Lipinski definition) is 1. The topological polar surface area (TPSA) is 73.1 Å². The number of fused-ring (bicyclic) bond motifs is 2. The highest BCUT2D eigenvalue weighted by atomic mass is 35.5. The van der Waals surface area contributed by atoms with Gasteiger partial charge in [-0.3, -0.25) is 4.98 Å². The molecular formula is C30H24ClF3N4O2S. The third-order valence-electron chi connectivity index (χ3n) is 6.43. The SMILES string of the molecule is COc1nc2ccccc2c(Cl)c1Cc1cc2ccccc2s1.Cn1cncc1C(O)c1ccc(C(F)(F)F)nc1. The van der Waals surface area contributed by atoms with Crippen LogP contribution in [0.4, 0.5) is 13.2 Å². The number of nitrogens with zero attached hydrogens (tertiary/aromatic N) is 4. The van der Waals surface area contributed by atoms with E-state index in [9.17, 15) is 18.3 Å². The van der Waals surface area contributed by atoms with Gasteiger partial charge in [-0.1, -0.05) is 54.1 Å². The molecule has 1 unspecified atom stereocenters. The summed E-state index contributed by atoms with van der Waals surface area (Å²) in [5.74, 6) is 0.603. The minimum Gasteiger partial charge on any atom is -0.481 e. The van der Waals surface area contributed by atoms with Crippen molar-refractivity contribution in [1.82, 2.24) is 19.5 Å². The van der Waals surface area contributed by atoms with Crippen LogP contribution >= 0.6 is 22.9 Å². The predicted molar refractivity (Wildman–Crippen MR) is 154 cm³/mol. The molecule has 0 saturated carbocycles. The first-order valence-electron chi connectivity index (χ1n) is 12.4. The van der Waals surface area contributed by atoms with Gasteiger partial charge in [-0.2, -0.15) is 13.2 Å². The highest BCUT2D eigenvalue weighted by molar-refractivity contribution is 7.19. The van der Waals surface area contributed by atoms with Crippen LogP contribution in [0.5, 0.6) is 5.88 Å². The molecule has 1 atom stereocenters. The molecule has 6 nitrogen and oxygen atoms in total. The molecule has 6 aromatic rings. The second kappa shape index (κ2) is 11.9. The Balaban J connectivity index is 0.000000170. The molecule has 0 bridgehead atoms. The fourth-order valence-electron chi connectivity index (χ4n) is 4.35. The van der Waals surface area contributed by atoms with Crippen LogP contribution in [0.2, 0.25) is 5.02 Å². The summed E-state index contributed by atoms with van der Waals surface area (Å²) in [6.07, 6.45) is -0.846. The molecule has 0 spiro atoms. The first-order chi connectivity index (χ1) is 19.7. The van der Waals surface area contributed by atoms with E-state index >= 15 is 0 Å². The van der Waals surface area contributed by atoms with Gasteiger partial charge >= 0.3 is 6.18 Å². The summed E-state index contributed by atoms with van der Waals surface area (Å²) in [5, 5.41) is 12.9. The fourth-order valence-corrected chi connectivity index (χ4v) is 5.73. The molecule has 0 aliphatic rings. The molecule has 0 radical (unpaired) electrons. The van der Waals surface area contributed by atoms with Gasteiger partial charge < -0.3 is 14.4 Å². The summed E-state index contributed by atoms with van der Waals surface area (Å²) in [6.45, 7) is 0. The third-order valence-corrected chi connectivity index (χ3v) is 7.98. The Morgan fingerprint density at radius 3 is 2.46 bits per heavy atom. The number of aryl methyl sites for hydroxylation is 1. The molecule has 2 aromatic carbocycles. The molecule has 4 heterocycles. The van der Waals surface area contributed by atoms with Gasteiger partial charge in [0.1, 0.15) is 11.8 Å². The van der Waals surface area contributed by atoms with Gasteiger partial charge in [-0.05, 0) is 29.7 Å². The molecule has 0 amide bonds. The van der Waals surface area contributed by atoms with Crippen molar-refractivity contribution in [2.45, 2.75) is 18.7 Å². The van der Waals surface area contributed by atoms with E-state index in [1.807, 2.05) is 24.3 Å². The number of benzene rings is 2. The van der Waals surface area contributed by atoms with Crippen LogP contribution in [0.1, 0.15) is 33.5 Å². The van der Waals surface area contributed by atoms with E-state index in [1.54, 1.807) is 30.1 Å². The van der Waals surface area contributed by atoms with Crippen LogP contribution in [0.25, 0.3) is 21.0 Å². The second-order valence-electron chi connectivity index (χ2n) is 9.16. The number of hydrogen-bond acceptors (Lipinski definition) is 6. The van der Waals surface area contributed by atoms with Gasteiger partial charge in [0.25, 0.3) is 0 Å². The Morgan fingerprint density at radius 1 is 1.05 bits per heavy atom. The Bertz CT molecular complexity index is 1770. The van der Waals surface area contributed by atoms with E-state index in [-0.39, 0.29) is 5.56 Å². The lowest BCUT2D eigenvalue weighted by molar-refractivity contribution is -0.141. The zero-order chi connectivity index (χ0) is 29.1. The zero-order valence-electron chi connectivity index (χ0n) is 21.9. The van der Waals surface area contributed by atoms with E-state index in [1.165, 1.54) is 33.6 Å².